The summed E-state index contributed by atoms with van der Waals surface area (Å²) in [5.41, 5.74) is -0.916. The van der Waals surface area contributed by atoms with Gasteiger partial charge in [0, 0.05) is 5.56 Å². The Kier molecular flexibility index (Phi) is 4.03. The topological polar surface area (TPSA) is 26.3 Å². The van der Waals surface area contributed by atoms with Gasteiger partial charge in [-0.2, -0.15) is 13.2 Å². The molecule has 1 atom stereocenters. The number of para-hydroxylation sites is 1. The van der Waals surface area contributed by atoms with E-state index in [-0.39, 0.29) is 5.56 Å². The third kappa shape index (κ3) is 2.91. The quantitative estimate of drug-likeness (QED) is 0.782. The summed E-state index contributed by atoms with van der Waals surface area (Å²) in [6, 6.07) is 3.41. The number of hydrogen-bond acceptors (Lipinski definition) is 2. The number of methoxy groups -OCH3 is 1. The van der Waals surface area contributed by atoms with E-state index in [1.165, 1.54) is 19.1 Å². The Morgan fingerprint density at radius 2 is 2.00 bits per heavy atom. The fourth-order valence-electron chi connectivity index (χ4n) is 1.42. The van der Waals surface area contributed by atoms with Crippen LogP contribution >= 0.6 is 11.6 Å². The summed E-state index contributed by atoms with van der Waals surface area (Å²) in [6.45, 7) is 1.21. The fourth-order valence-corrected chi connectivity index (χ4v) is 1.60. The van der Waals surface area contributed by atoms with Crippen LogP contribution in [-0.4, -0.2) is 12.9 Å². The molecule has 0 amide bonds. The maximum atomic E-state index is 12.7. The number of rotatable bonds is 3. The Hall–Kier alpha value is -1.23. The van der Waals surface area contributed by atoms with E-state index in [9.17, 15) is 18.0 Å². The first-order chi connectivity index (χ1) is 7.79. The second kappa shape index (κ2) is 4.96. The summed E-state index contributed by atoms with van der Waals surface area (Å²) >= 11 is 5.75. The molecule has 1 unspecified atom stereocenters. The number of alkyl halides is 4. The van der Waals surface area contributed by atoms with Crippen LogP contribution in [0.2, 0.25) is 0 Å². The predicted octanol–water partition coefficient (Wildman–Crippen LogP) is 3.58. The van der Waals surface area contributed by atoms with Gasteiger partial charge in [0.15, 0.2) is 5.78 Å². The molecule has 0 bridgehead atoms. The van der Waals surface area contributed by atoms with Gasteiger partial charge in [0.25, 0.3) is 0 Å². The minimum Gasteiger partial charge on any atom is -0.496 e. The van der Waals surface area contributed by atoms with E-state index in [1.54, 1.807) is 0 Å². The zero-order valence-corrected chi connectivity index (χ0v) is 9.89. The molecular formula is C11H10ClF3O2. The lowest BCUT2D eigenvalue weighted by molar-refractivity contribution is -0.139. The van der Waals surface area contributed by atoms with Crippen LogP contribution < -0.4 is 4.74 Å². The first-order valence-corrected chi connectivity index (χ1v) is 5.11. The summed E-state index contributed by atoms with van der Waals surface area (Å²) in [5.74, 6) is -0.848. The smallest absolute Gasteiger partial charge is 0.419 e. The molecule has 0 saturated heterocycles. The van der Waals surface area contributed by atoms with E-state index in [4.69, 9.17) is 16.3 Å². The Morgan fingerprint density at radius 1 is 1.41 bits per heavy atom. The van der Waals surface area contributed by atoms with Crippen molar-refractivity contribution in [3.63, 3.8) is 0 Å². The molecule has 0 heterocycles. The van der Waals surface area contributed by atoms with Gasteiger partial charge in [-0.3, -0.25) is 4.79 Å². The molecule has 0 aliphatic rings. The lowest BCUT2D eigenvalue weighted by atomic mass is 10.0. The largest absolute Gasteiger partial charge is 0.496 e. The Balaban J connectivity index is 3.39. The van der Waals surface area contributed by atoms with Crippen LogP contribution in [0, 0.1) is 0 Å². The van der Waals surface area contributed by atoms with Crippen molar-refractivity contribution in [2.45, 2.75) is 18.5 Å². The summed E-state index contributed by atoms with van der Waals surface area (Å²) in [7, 11) is 1.11. The van der Waals surface area contributed by atoms with Crippen LogP contribution in [-0.2, 0) is 11.0 Å². The van der Waals surface area contributed by atoms with Crippen LogP contribution in [0.15, 0.2) is 18.2 Å². The molecule has 0 aromatic heterocycles. The van der Waals surface area contributed by atoms with E-state index in [1.807, 2.05) is 0 Å². The number of ketones is 1. The molecule has 0 fully saturated rings. The molecule has 0 N–H and O–H groups in total. The maximum absolute atomic E-state index is 12.7. The van der Waals surface area contributed by atoms with Crippen molar-refractivity contribution in [3.8, 4) is 5.75 Å². The molecule has 1 aromatic rings. The van der Waals surface area contributed by atoms with E-state index in [0.717, 1.165) is 13.2 Å². The van der Waals surface area contributed by atoms with Crippen LogP contribution in [0.5, 0.6) is 5.75 Å². The Bertz CT molecular complexity index is 429. The number of carbonyl (C=O) groups is 1. The minimum atomic E-state index is -4.55. The number of benzene rings is 1. The van der Waals surface area contributed by atoms with Crippen LogP contribution in [0.4, 0.5) is 13.2 Å². The highest BCUT2D eigenvalue weighted by atomic mass is 35.5. The summed E-state index contributed by atoms with van der Waals surface area (Å²) in [4.78, 5) is 11.1. The fraction of sp³-hybridized carbons (Fsp3) is 0.364. The van der Waals surface area contributed by atoms with E-state index >= 15 is 0 Å². The van der Waals surface area contributed by atoms with Crippen molar-refractivity contribution < 1.29 is 22.7 Å². The van der Waals surface area contributed by atoms with Crippen molar-refractivity contribution in [1.82, 2.24) is 0 Å². The van der Waals surface area contributed by atoms with Gasteiger partial charge in [0.2, 0.25) is 0 Å². The molecule has 17 heavy (non-hydrogen) atoms. The zero-order chi connectivity index (χ0) is 13.2. The second-order valence-electron chi connectivity index (χ2n) is 3.40. The lowest BCUT2D eigenvalue weighted by Crippen LogP contribution is -2.11. The lowest BCUT2D eigenvalue weighted by Gasteiger charge is -2.17. The SMILES string of the molecule is COc1c(C(Cl)C(C)=O)cccc1C(F)(F)F. The molecular weight excluding hydrogens is 257 g/mol. The average molecular weight is 267 g/mol. The molecule has 0 aliphatic heterocycles. The molecule has 0 aliphatic carbocycles. The standard InChI is InChI=1S/C11H10ClF3O2/c1-6(16)9(12)7-4-3-5-8(10(7)17-2)11(13,14)15/h3-5,9H,1-2H3. The van der Waals surface area contributed by atoms with Crippen molar-refractivity contribution in [2.75, 3.05) is 7.11 Å². The summed E-state index contributed by atoms with van der Waals surface area (Å²) < 4.78 is 42.7. The molecule has 0 saturated carbocycles. The average Bonchev–Trinajstić information content (AvgIpc) is 2.25. The maximum Gasteiger partial charge on any atom is 0.419 e. The van der Waals surface area contributed by atoms with Crippen molar-refractivity contribution in [1.29, 1.82) is 0 Å². The van der Waals surface area contributed by atoms with Gasteiger partial charge in [-0.05, 0) is 13.0 Å². The first-order valence-electron chi connectivity index (χ1n) is 4.67. The van der Waals surface area contributed by atoms with Crippen LogP contribution in [0.3, 0.4) is 0 Å². The number of Topliss-reactive ketones (excluding diaryl/α,β-unsaturated/α-hetero) is 1. The highest BCUT2D eigenvalue weighted by Crippen LogP contribution is 2.41. The van der Waals surface area contributed by atoms with Gasteiger partial charge >= 0.3 is 6.18 Å². The van der Waals surface area contributed by atoms with Crippen LogP contribution in [0.1, 0.15) is 23.4 Å². The number of halogens is 4. The van der Waals surface area contributed by atoms with Gasteiger partial charge in [-0.25, -0.2) is 0 Å². The van der Waals surface area contributed by atoms with E-state index in [0.29, 0.717) is 0 Å². The van der Waals surface area contributed by atoms with Crippen molar-refractivity contribution in [3.05, 3.63) is 29.3 Å². The molecule has 1 aromatic carbocycles. The van der Waals surface area contributed by atoms with Crippen molar-refractivity contribution in [2.24, 2.45) is 0 Å². The predicted molar refractivity (Wildman–Crippen MR) is 57.3 cm³/mol. The van der Waals surface area contributed by atoms with E-state index in [2.05, 4.69) is 0 Å². The molecule has 1 rings (SSSR count). The number of ether oxygens (including phenoxy) is 1. The molecule has 6 heteroatoms. The van der Waals surface area contributed by atoms with Crippen molar-refractivity contribution >= 4 is 17.4 Å². The van der Waals surface area contributed by atoms with Gasteiger partial charge in [-0.1, -0.05) is 12.1 Å². The van der Waals surface area contributed by atoms with Crippen LogP contribution in [0.25, 0.3) is 0 Å². The molecule has 94 valence electrons. The Labute approximate surface area is 101 Å². The molecule has 2 nitrogen and oxygen atoms in total. The first kappa shape index (κ1) is 13.8. The normalized spacial score (nSPS) is 13.3. The number of hydrogen-bond donors (Lipinski definition) is 0. The zero-order valence-electron chi connectivity index (χ0n) is 9.14. The highest BCUT2D eigenvalue weighted by molar-refractivity contribution is 6.31. The Morgan fingerprint density at radius 3 is 2.41 bits per heavy atom. The summed E-state index contributed by atoms with van der Waals surface area (Å²) in [6.07, 6.45) is -4.55. The van der Waals surface area contributed by atoms with E-state index < -0.39 is 28.6 Å². The monoisotopic (exact) mass is 266 g/mol. The summed E-state index contributed by atoms with van der Waals surface area (Å²) in [5, 5.41) is -1.15. The highest BCUT2D eigenvalue weighted by Gasteiger charge is 2.36. The molecule has 0 spiro atoms. The van der Waals surface area contributed by atoms with Gasteiger partial charge in [0.1, 0.15) is 11.1 Å². The minimum absolute atomic E-state index is 0.0245. The third-order valence-electron chi connectivity index (χ3n) is 2.18. The second-order valence-corrected chi connectivity index (χ2v) is 3.84. The van der Waals surface area contributed by atoms with Gasteiger partial charge in [-0.15, -0.1) is 11.6 Å². The number of carbonyl (C=O) groups excluding carboxylic acids is 1. The molecule has 0 radical (unpaired) electrons. The van der Waals surface area contributed by atoms with Gasteiger partial charge in [0.05, 0.1) is 12.7 Å². The van der Waals surface area contributed by atoms with Gasteiger partial charge < -0.3 is 4.74 Å². The third-order valence-corrected chi connectivity index (χ3v) is 2.73.